The molecule has 0 radical (unpaired) electrons. The Morgan fingerprint density at radius 2 is 1.88 bits per heavy atom. The van der Waals surface area contributed by atoms with Crippen molar-refractivity contribution in [1.82, 2.24) is 4.98 Å². The maximum absolute atomic E-state index is 12.3. The number of hydrogen-bond acceptors (Lipinski definition) is 6. The van der Waals surface area contributed by atoms with Gasteiger partial charge in [0.25, 0.3) is 11.6 Å². The number of benzene rings is 2. The number of nitrogens with one attached hydrogen (secondary N) is 1. The molecule has 26 heavy (non-hydrogen) atoms. The Hall–Kier alpha value is -3.26. The molecule has 2 aromatic carbocycles. The van der Waals surface area contributed by atoms with Gasteiger partial charge in [-0.25, -0.2) is 4.98 Å². The smallest absolute Gasteiger partial charge is 0.269 e. The number of nitrogens with zero attached hydrogens (tertiary/aromatic N) is 2. The van der Waals surface area contributed by atoms with E-state index >= 15 is 0 Å². The van der Waals surface area contributed by atoms with Crippen molar-refractivity contribution in [2.75, 3.05) is 5.32 Å². The van der Waals surface area contributed by atoms with Crippen LogP contribution in [-0.2, 0) is 4.79 Å². The number of amides is 1. The van der Waals surface area contributed by atoms with Gasteiger partial charge in [0.1, 0.15) is 5.75 Å². The summed E-state index contributed by atoms with van der Waals surface area (Å²) in [5.41, 5.74) is 1.72. The Morgan fingerprint density at radius 3 is 2.54 bits per heavy atom. The Morgan fingerprint density at radius 1 is 1.19 bits per heavy atom. The molecule has 1 amide bonds. The van der Waals surface area contributed by atoms with E-state index in [-0.39, 0.29) is 11.6 Å². The van der Waals surface area contributed by atoms with E-state index in [0.29, 0.717) is 10.9 Å². The van der Waals surface area contributed by atoms with E-state index in [1.54, 1.807) is 6.92 Å². The van der Waals surface area contributed by atoms with E-state index in [9.17, 15) is 14.9 Å². The molecule has 1 aromatic heterocycles. The number of nitro benzene ring substituents is 1. The first-order valence-corrected chi connectivity index (χ1v) is 8.64. The van der Waals surface area contributed by atoms with Crippen molar-refractivity contribution in [1.29, 1.82) is 0 Å². The third-order valence-electron chi connectivity index (χ3n) is 3.53. The zero-order chi connectivity index (χ0) is 18.5. The first kappa shape index (κ1) is 17.6. The Bertz CT molecular complexity index is 910. The lowest BCUT2D eigenvalue weighted by Crippen LogP contribution is -2.30. The van der Waals surface area contributed by atoms with E-state index in [4.69, 9.17) is 4.74 Å². The summed E-state index contributed by atoms with van der Waals surface area (Å²) >= 11 is 1.33. The molecular formula is C18H15N3O4S. The number of nitro groups is 1. The van der Waals surface area contributed by atoms with E-state index in [1.165, 1.54) is 35.6 Å². The molecule has 7 nitrogen and oxygen atoms in total. The summed E-state index contributed by atoms with van der Waals surface area (Å²) in [5.74, 6) is 0.0275. The number of hydrogen-bond donors (Lipinski definition) is 1. The highest BCUT2D eigenvalue weighted by atomic mass is 32.1. The molecule has 1 heterocycles. The normalized spacial score (nSPS) is 11.6. The molecule has 1 atom stereocenters. The summed E-state index contributed by atoms with van der Waals surface area (Å²) in [5, 5.41) is 15.7. The van der Waals surface area contributed by atoms with Gasteiger partial charge < -0.3 is 4.74 Å². The molecule has 0 spiro atoms. The molecule has 132 valence electrons. The molecule has 3 aromatic rings. The average Bonchev–Trinajstić information content (AvgIpc) is 3.11. The third-order valence-corrected chi connectivity index (χ3v) is 4.29. The molecule has 0 aliphatic carbocycles. The Labute approximate surface area is 153 Å². The molecule has 0 fully saturated rings. The molecule has 0 aliphatic heterocycles. The first-order valence-electron chi connectivity index (χ1n) is 7.76. The number of non-ortho nitro benzene ring substituents is 1. The predicted molar refractivity (Wildman–Crippen MR) is 99.4 cm³/mol. The van der Waals surface area contributed by atoms with Gasteiger partial charge in [0.15, 0.2) is 11.2 Å². The quantitative estimate of drug-likeness (QED) is 0.521. The van der Waals surface area contributed by atoms with Gasteiger partial charge in [-0.05, 0) is 19.1 Å². The van der Waals surface area contributed by atoms with Crippen molar-refractivity contribution >= 4 is 28.1 Å². The predicted octanol–water partition coefficient (Wildman–Crippen LogP) is 4.12. The lowest BCUT2D eigenvalue weighted by atomic mass is 10.2. The molecule has 1 N–H and O–H groups in total. The minimum absolute atomic E-state index is 0.0364. The van der Waals surface area contributed by atoms with E-state index in [2.05, 4.69) is 10.3 Å². The summed E-state index contributed by atoms with van der Waals surface area (Å²) in [6, 6.07) is 15.2. The van der Waals surface area contributed by atoms with Crippen molar-refractivity contribution in [3.05, 3.63) is 70.1 Å². The number of aromatic nitrogens is 1. The SMILES string of the molecule is CC(Oc1ccc([N+](=O)[O-])cc1)C(=O)Nc1nc(-c2ccccc2)cs1. The van der Waals surface area contributed by atoms with Gasteiger partial charge in [-0.15, -0.1) is 11.3 Å². The van der Waals surface area contributed by atoms with Crippen molar-refractivity contribution in [3.63, 3.8) is 0 Å². The average molecular weight is 369 g/mol. The van der Waals surface area contributed by atoms with E-state index < -0.39 is 11.0 Å². The second-order valence-corrected chi connectivity index (χ2v) is 6.26. The van der Waals surface area contributed by atoms with Crippen molar-refractivity contribution < 1.29 is 14.5 Å². The molecular weight excluding hydrogens is 354 g/mol. The van der Waals surface area contributed by atoms with Gasteiger partial charge in [0.2, 0.25) is 0 Å². The fourth-order valence-corrected chi connectivity index (χ4v) is 2.91. The molecule has 0 aliphatic rings. The number of carbonyl (C=O) groups is 1. The topological polar surface area (TPSA) is 94.4 Å². The third kappa shape index (κ3) is 4.22. The minimum atomic E-state index is -0.777. The highest BCUT2D eigenvalue weighted by molar-refractivity contribution is 7.14. The summed E-state index contributed by atoms with van der Waals surface area (Å²) in [6.45, 7) is 1.60. The van der Waals surface area contributed by atoms with Crippen LogP contribution >= 0.6 is 11.3 Å². The summed E-state index contributed by atoms with van der Waals surface area (Å²) in [4.78, 5) is 26.8. The van der Waals surface area contributed by atoms with Crippen molar-refractivity contribution in [3.8, 4) is 17.0 Å². The summed E-state index contributed by atoms with van der Waals surface area (Å²) < 4.78 is 5.52. The van der Waals surface area contributed by atoms with Crippen molar-refractivity contribution in [2.24, 2.45) is 0 Å². The van der Waals surface area contributed by atoms with Crippen LogP contribution in [0.3, 0.4) is 0 Å². The number of rotatable bonds is 6. The molecule has 8 heteroatoms. The minimum Gasteiger partial charge on any atom is -0.481 e. The maximum atomic E-state index is 12.3. The van der Waals surface area contributed by atoms with E-state index in [0.717, 1.165) is 11.3 Å². The Kier molecular flexibility index (Phi) is 5.23. The first-order chi connectivity index (χ1) is 12.5. The Balaban J connectivity index is 1.61. The fraction of sp³-hybridized carbons (Fsp3) is 0.111. The summed E-state index contributed by atoms with van der Waals surface area (Å²) in [6.07, 6.45) is -0.777. The van der Waals surface area contributed by atoms with Crippen LogP contribution in [0, 0.1) is 10.1 Å². The van der Waals surface area contributed by atoms with Crippen LogP contribution in [0.5, 0.6) is 5.75 Å². The fourth-order valence-electron chi connectivity index (χ4n) is 2.18. The van der Waals surface area contributed by atoms with Gasteiger partial charge in [-0.3, -0.25) is 20.2 Å². The summed E-state index contributed by atoms with van der Waals surface area (Å²) in [7, 11) is 0. The highest BCUT2D eigenvalue weighted by Crippen LogP contribution is 2.25. The zero-order valence-corrected chi connectivity index (χ0v) is 14.6. The van der Waals surface area contributed by atoms with Gasteiger partial charge in [0, 0.05) is 23.1 Å². The second kappa shape index (κ2) is 7.75. The molecule has 1 unspecified atom stereocenters. The highest BCUT2D eigenvalue weighted by Gasteiger charge is 2.17. The van der Waals surface area contributed by atoms with Crippen LogP contribution in [0.4, 0.5) is 10.8 Å². The van der Waals surface area contributed by atoms with Gasteiger partial charge in [-0.2, -0.15) is 0 Å². The molecule has 3 rings (SSSR count). The number of anilines is 1. The van der Waals surface area contributed by atoms with Crippen LogP contribution in [0.2, 0.25) is 0 Å². The van der Waals surface area contributed by atoms with Crippen LogP contribution < -0.4 is 10.1 Å². The molecule has 0 bridgehead atoms. The number of ether oxygens (including phenoxy) is 1. The monoisotopic (exact) mass is 369 g/mol. The van der Waals surface area contributed by atoms with Crippen LogP contribution in [0.25, 0.3) is 11.3 Å². The zero-order valence-electron chi connectivity index (χ0n) is 13.8. The lowest BCUT2D eigenvalue weighted by Gasteiger charge is -2.13. The van der Waals surface area contributed by atoms with Crippen LogP contribution in [0.15, 0.2) is 60.0 Å². The standard InChI is InChI=1S/C18H15N3O4S/c1-12(25-15-9-7-14(8-10-15)21(23)24)17(22)20-18-19-16(11-26-18)13-5-3-2-4-6-13/h2-12H,1H3,(H,19,20,22). The molecule has 0 saturated carbocycles. The molecule has 0 saturated heterocycles. The van der Waals surface area contributed by atoms with Crippen LogP contribution in [-0.4, -0.2) is 21.9 Å². The lowest BCUT2D eigenvalue weighted by molar-refractivity contribution is -0.384. The van der Waals surface area contributed by atoms with Gasteiger partial charge in [0.05, 0.1) is 10.6 Å². The largest absolute Gasteiger partial charge is 0.481 e. The number of thiazole rings is 1. The van der Waals surface area contributed by atoms with Crippen molar-refractivity contribution in [2.45, 2.75) is 13.0 Å². The van der Waals surface area contributed by atoms with E-state index in [1.807, 2.05) is 35.7 Å². The van der Waals surface area contributed by atoms with Crippen LogP contribution in [0.1, 0.15) is 6.92 Å². The maximum Gasteiger partial charge on any atom is 0.269 e. The number of carbonyl (C=O) groups excluding carboxylic acids is 1. The second-order valence-electron chi connectivity index (χ2n) is 5.40. The van der Waals surface area contributed by atoms with Gasteiger partial charge in [-0.1, -0.05) is 30.3 Å². The van der Waals surface area contributed by atoms with Gasteiger partial charge >= 0.3 is 0 Å².